The summed E-state index contributed by atoms with van der Waals surface area (Å²) in [5, 5.41) is 11.0. The topological polar surface area (TPSA) is 121 Å². The van der Waals surface area contributed by atoms with E-state index in [9.17, 15) is 9.90 Å². The summed E-state index contributed by atoms with van der Waals surface area (Å²) in [4.78, 5) is 26.6. The first-order chi connectivity index (χ1) is 20.8. The third kappa shape index (κ3) is 6.43. The third-order valence-corrected chi connectivity index (χ3v) is 7.27. The van der Waals surface area contributed by atoms with E-state index in [1.807, 2.05) is 78.9 Å². The Morgan fingerprint density at radius 3 is 2.09 bits per heavy atom. The summed E-state index contributed by atoms with van der Waals surface area (Å²) >= 11 is 0. The van der Waals surface area contributed by atoms with E-state index in [0.717, 1.165) is 16.7 Å². The normalized spacial score (nSPS) is 18.6. The van der Waals surface area contributed by atoms with Crippen molar-refractivity contribution in [3.05, 3.63) is 112 Å². The molecule has 1 N–H and O–H groups in total. The molecule has 0 radical (unpaired) electrons. The van der Waals surface area contributed by atoms with Crippen molar-refractivity contribution in [1.29, 1.82) is 0 Å². The van der Waals surface area contributed by atoms with E-state index >= 15 is 0 Å². The maximum absolute atomic E-state index is 12.8. The summed E-state index contributed by atoms with van der Waals surface area (Å²) < 4.78 is 25.1. The molecule has 1 fully saturated rings. The minimum atomic E-state index is -1.08. The molecule has 43 heavy (non-hydrogen) atoms. The first kappa shape index (κ1) is 29.9. The van der Waals surface area contributed by atoms with Gasteiger partial charge in [-0.05, 0) is 41.0 Å². The number of hydrogen-bond donors (Lipinski definition) is 1. The van der Waals surface area contributed by atoms with Gasteiger partial charge in [0.1, 0.15) is 35.8 Å². The second kappa shape index (κ2) is 13.2. The molecule has 3 atom stereocenters. The summed E-state index contributed by atoms with van der Waals surface area (Å²) in [5.41, 5.74) is 0.939. The lowest BCUT2D eigenvalue weighted by atomic mass is 9.80. The fourth-order valence-corrected chi connectivity index (χ4v) is 5.08. The summed E-state index contributed by atoms with van der Waals surface area (Å²) in [6.45, 7) is 0.0193. The van der Waals surface area contributed by atoms with Crippen LogP contribution in [0.4, 0.5) is 5.95 Å². The van der Waals surface area contributed by atoms with Crippen LogP contribution in [-0.2, 0) is 15.1 Å². The number of ether oxygens (including phenoxy) is 4. The average molecular weight is 586 g/mol. The number of aliphatic hydroxyl groups is 1. The number of rotatable bonds is 11. The van der Waals surface area contributed by atoms with Gasteiger partial charge in [-0.25, -0.2) is 14.8 Å². The van der Waals surface area contributed by atoms with Crippen LogP contribution in [0.5, 0.6) is 11.5 Å². The van der Waals surface area contributed by atoms with Gasteiger partial charge >= 0.3 is 5.69 Å². The Labute approximate surface area is 250 Å². The smallest absolute Gasteiger partial charge is 0.354 e. The van der Waals surface area contributed by atoms with Gasteiger partial charge in [-0.1, -0.05) is 54.6 Å². The largest absolute Gasteiger partial charge is 0.497 e. The monoisotopic (exact) mass is 585 g/mol. The second-order valence-corrected chi connectivity index (χ2v) is 10.3. The lowest BCUT2D eigenvalue weighted by Crippen LogP contribution is -2.38. The molecular formula is C32H35N5O6. The average Bonchev–Trinajstić information content (AvgIpc) is 3.41. The van der Waals surface area contributed by atoms with Crippen LogP contribution >= 0.6 is 0 Å². The quantitative estimate of drug-likeness (QED) is 0.160. The van der Waals surface area contributed by atoms with Crippen LogP contribution in [0, 0.1) is 0 Å². The first-order valence-electron chi connectivity index (χ1n) is 13.8. The summed E-state index contributed by atoms with van der Waals surface area (Å²) in [5.74, 6) is 1.47. The molecule has 0 unspecified atom stereocenters. The van der Waals surface area contributed by atoms with Crippen molar-refractivity contribution in [1.82, 2.24) is 19.4 Å². The van der Waals surface area contributed by atoms with E-state index in [0.29, 0.717) is 11.5 Å². The predicted octanol–water partition coefficient (Wildman–Crippen LogP) is 3.53. The zero-order valence-electron chi connectivity index (χ0n) is 24.5. The molecule has 3 aromatic carbocycles. The van der Waals surface area contributed by atoms with E-state index in [-0.39, 0.29) is 19.0 Å². The molecule has 0 saturated carbocycles. The van der Waals surface area contributed by atoms with Crippen LogP contribution in [0.3, 0.4) is 0 Å². The summed E-state index contributed by atoms with van der Waals surface area (Å²) in [7, 11) is 6.85. The van der Waals surface area contributed by atoms with Crippen molar-refractivity contribution in [2.24, 2.45) is 4.99 Å². The lowest BCUT2D eigenvalue weighted by molar-refractivity contribution is -0.0945. The van der Waals surface area contributed by atoms with Crippen molar-refractivity contribution in [3.8, 4) is 11.5 Å². The van der Waals surface area contributed by atoms with Crippen molar-refractivity contribution in [2.75, 3.05) is 34.9 Å². The van der Waals surface area contributed by atoms with Crippen LogP contribution in [0.15, 0.2) is 95.0 Å². The number of methoxy groups -OCH3 is 2. The molecule has 224 valence electrons. The molecule has 5 rings (SSSR count). The Bertz CT molecular complexity index is 1530. The number of aliphatic imine (C=N–C) groups is 1. The molecule has 1 aromatic heterocycles. The fraction of sp³-hybridized carbons (Fsp3) is 0.312. The molecule has 1 saturated heterocycles. The van der Waals surface area contributed by atoms with Gasteiger partial charge in [-0.3, -0.25) is 4.57 Å². The van der Waals surface area contributed by atoms with E-state index in [1.165, 1.54) is 17.2 Å². The van der Waals surface area contributed by atoms with Gasteiger partial charge in [0.15, 0.2) is 0 Å². The Morgan fingerprint density at radius 1 is 0.977 bits per heavy atom. The molecule has 0 bridgehead atoms. The molecule has 0 spiro atoms. The van der Waals surface area contributed by atoms with Gasteiger partial charge in [0.05, 0.1) is 33.3 Å². The molecule has 0 aliphatic carbocycles. The number of benzene rings is 3. The number of nitrogens with zero attached hydrogens (tertiary/aromatic N) is 5. The predicted molar refractivity (Wildman–Crippen MR) is 161 cm³/mol. The Hall–Kier alpha value is -4.58. The molecule has 4 aromatic rings. The molecule has 0 amide bonds. The molecule has 1 aliphatic heterocycles. The van der Waals surface area contributed by atoms with E-state index in [4.69, 9.17) is 18.9 Å². The molecule has 2 heterocycles. The molecule has 11 nitrogen and oxygen atoms in total. The van der Waals surface area contributed by atoms with Crippen LogP contribution in [-0.4, -0.2) is 78.0 Å². The van der Waals surface area contributed by atoms with Gasteiger partial charge in [0.25, 0.3) is 5.95 Å². The Balaban J connectivity index is 1.47. The van der Waals surface area contributed by atoms with Gasteiger partial charge < -0.3 is 29.0 Å². The van der Waals surface area contributed by atoms with Crippen molar-refractivity contribution < 1.29 is 24.1 Å². The standard InChI is InChI=1S/C32H35N5O6/c1-36(2)20-33-30-34-21-37(31(39)35-30)29-18-27(38)28(43-29)19-42-32(22-8-6-5-7-9-22,23-10-14-25(40-3)15-11-23)24-12-16-26(41-4)17-13-24/h5-17,20-21,27-29,38H,18-19H2,1-4H3/b33-20+/t27-,28+,29+/m0/s1. The van der Waals surface area contributed by atoms with Crippen molar-refractivity contribution >= 4 is 12.3 Å². The summed E-state index contributed by atoms with van der Waals surface area (Å²) in [6.07, 6.45) is 0.609. The SMILES string of the molecule is COc1ccc(C(OC[C@H]2O[C@@H](n3cnc(/N=C/N(C)C)nc3=O)C[C@@H]2O)(c2ccccc2)c2ccc(OC)cc2)cc1. The highest BCUT2D eigenvalue weighted by molar-refractivity contribution is 5.57. The van der Waals surface area contributed by atoms with E-state index in [2.05, 4.69) is 15.0 Å². The van der Waals surface area contributed by atoms with E-state index in [1.54, 1.807) is 33.2 Å². The molecule has 1 aliphatic rings. The molecular weight excluding hydrogens is 550 g/mol. The van der Waals surface area contributed by atoms with Crippen LogP contribution < -0.4 is 15.2 Å². The van der Waals surface area contributed by atoms with Gasteiger partial charge in [-0.2, -0.15) is 4.98 Å². The van der Waals surface area contributed by atoms with E-state index < -0.39 is 29.7 Å². The summed E-state index contributed by atoms with van der Waals surface area (Å²) in [6, 6.07) is 25.2. The highest BCUT2D eigenvalue weighted by Crippen LogP contribution is 2.42. The highest BCUT2D eigenvalue weighted by atomic mass is 16.6. The van der Waals surface area contributed by atoms with Crippen molar-refractivity contribution in [3.63, 3.8) is 0 Å². The number of aliphatic hydroxyl groups excluding tert-OH is 1. The lowest BCUT2D eigenvalue weighted by Gasteiger charge is -2.37. The fourth-order valence-electron chi connectivity index (χ4n) is 5.08. The number of hydrogen-bond acceptors (Lipinski definition) is 9. The second-order valence-electron chi connectivity index (χ2n) is 10.3. The first-order valence-corrected chi connectivity index (χ1v) is 13.8. The van der Waals surface area contributed by atoms with Gasteiger partial charge in [0.2, 0.25) is 0 Å². The van der Waals surface area contributed by atoms with Crippen LogP contribution in [0.25, 0.3) is 0 Å². The maximum atomic E-state index is 12.8. The van der Waals surface area contributed by atoms with Crippen molar-refractivity contribution in [2.45, 2.75) is 30.5 Å². The Morgan fingerprint density at radius 2 is 1.56 bits per heavy atom. The van der Waals surface area contributed by atoms with Crippen LogP contribution in [0.2, 0.25) is 0 Å². The van der Waals surface area contributed by atoms with Gasteiger partial charge in [-0.15, -0.1) is 0 Å². The molecule has 11 heteroatoms. The Kier molecular flexibility index (Phi) is 9.15. The van der Waals surface area contributed by atoms with Crippen LogP contribution in [0.1, 0.15) is 29.3 Å². The minimum Gasteiger partial charge on any atom is -0.497 e. The third-order valence-electron chi connectivity index (χ3n) is 7.27. The highest BCUT2D eigenvalue weighted by Gasteiger charge is 2.42. The maximum Gasteiger partial charge on any atom is 0.354 e. The zero-order chi connectivity index (χ0) is 30.4. The van der Waals surface area contributed by atoms with Gasteiger partial charge in [0, 0.05) is 20.5 Å². The number of aromatic nitrogens is 3. The zero-order valence-corrected chi connectivity index (χ0v) is 24.5. The minimum absolute atomic E-state index is 0.0193.